The Balaban J connectivity index is 1.41. The molecule has 0 aliphatic rings. The van der Waals surface area contributed by atoms with Crippen LogP contribution < -0.4 is 4.90 Å². The molecule has 0 unspecified atom stereocenters. The highest BCUT2D eigenvalue weighted by Gasteiger charge is 2.22. The molecule has 9 aromatic rings. The van der Waals surface area contributed by atoms with Crippen molar-refractivity contribution < 1.29 is 11.0 Å². The molecule has 0 heterocycles. The zero-order chi connectivity index (χ0) is 42.4. The van der Waals surface area contributed by atoms with E-state index in [1.807, 2.05) is 140 Å². The molecule has 0 fully saturated rings. The molecule has 1 heteroatoms. The summed E-state index contributed by atoms with van der Waals surface area (Å²) < 4.78 is 76.7. The number of hydrogen-bond donors (Lipinski definition) is 0. The van der Waals surface area contributed by atoms with Crippen LogP contribution in [0.25, 0.3) is 66.4 Å². The van der Waals surface area contributed by atoms with E-state index in [1.165, 1.54) is 4.90 Å². The van der Waals surface area contributed by atoms with Crippen molar-refractivity contribution in [1.29, 1.82) is 0 Å². The Morgan fingerprint density at radius 1 is 0.302 bits per heavy atom. The van der Waals surface area contributed by atoms with E-state index in [2.05, 4.69) is 0 Å². The molecule has 0 N–H and O–H groups in total. The van der Waals surface area contributed by atoms with Crippen LogP contribution in [0.15, 0.2) is 224 Å². The summed E-state index contributed by atoms with van der Waals surface area (Å²) in [4.78, 5) is 1.42. The van der Waals surface area contributed by atoms with E-state index >= 15 is 0 Å². The molecule has 0 amide bonds. The standard InChI is InChI=1S/C52H37N/c1-4-15-38(16-5-1)40-29-33-46(34-30-40)53(47-35-31-41(32-36-47)45-28-27-39-17-10-11-22-44(39)37-45)51-26-14-25-49(43-20-8-3-9-21-43)52(51)50-24-13-12-23-48(50)42-18-6-2-7-19-42/h1-37H/i29D,30D,31D,32D,33D,34D,35D,36D. The van der Waals surface area contributed by atoms with E-state index in [4.69, 9.17) is 0 Å². The van der Waals surface area contributed by atoms with Crippen LogP contribution in [0.5, 0.6) is 0 Å². The number of nitrogens with zero attached hydrogens (tertiary/aromatic N) is 1. The van der Waals surface area contributed by atoms with Crippen molar-refractivity contribution >= 4 is 27.8 Å². The fourth-order valence-corrected chi connectivity index (χ4v) is 6.86. The third-order valence-corrected chi connectivity index (χ3v) is 9.42. The van der Waals surface area contributed by atoms with Crippen LogP contribution in [-0.4, -0.2) is 0 Å². The highest BCUT2D eigenvalue weighted by molar-refractivity contribution is 6.01. The second-order valence-corrected chi connectivity index (χ2v) is 12.7. The smallest absolute Gasteiger partial charge is 0.0645 e. The maximum atomic E-state index is 9.76. The van der Waals surface area contributed by atoms with Gasteiger partial charge in [-0.3, -0.25) is 0 Å². The minimum absolute atomic E-state index is 0.108. The summed E-state index contributed by atoms with van der Waals surface area (Å²) in [6.07, 6.45) is 0. The van der Waals surface area contributed by atoms with Crippen molar-refractivity contribution in [3.63, 3.8) is 0 Å². The third-order valence-electron chi connectivity index (χ3n) is 9.42. The van der Waals surface area contributed by atoms with Gasteiger partial charge >= 0.3 is 0 Å². The normalized spacial score (nSPS) is 13.1. The van der Waals surface area contributed by atoms with Gasteiger partial charge in [0.25, 0.3) is 0 Å². The van der Waals surface area contributed by atoms with Crippen LogP contribution in [0.3, 0.4) is 0 Å². The van der Waals surface area contributed by atoms with Gasteiger partial charge in [-0.1, -0.05) is 188 Å². The summed E-state index contributed by atoms with van der Waals surface area (Å²) in [7, 11) is 0. The molecule has 9 rings (SSSR count). The summed E-state index contributed by atoms with van der Waals surface area (Å²) >= 11 is 0. The molecule has 0 saturated heterocycles. The van der Waals surface area contributed by atoms with Gasteiger partial charge in [-0.2, -0.15) is 0 Å². The van der Waals surface area contributed by atoms with Gasteiger partial charge in [0, 0.05) is 16.9 Å². The van der Waals surface area contributed by atoms with E-state index in [0.29, 0.717) is 22.4 Å². The Hall–Kier alpha value is -6.96. The van der Waals surface area contributed by atoms with Crippen molar-refractivity contribution in [2.75, 3.05) is 4.90 Å². The van der Waals surface area contributed by atoms with Gasteiger partial charge in [0.2, 0.25) is 0 Å². The summed E-state index contributed by atoms with van der Waals surface area (Å²) in [6, 6.07) is 52.4. The number of benzene rings is 9. The summed E-state index contributed by atoms with van der Waals surface area (Å²) in [6.45, 7) is 0. The molecular weight excluding hydrogens is 639 g/mol. The first-order chi connectivity index (χ1) is 29.7. The lowest BCUT2D eigenvalue weighted by molar-refractivity contribution is 1.28. The van der Waals surface area contributed by atoms with E-state index in [1.54, 1.807) is 36.4 Å². The first-order valence-electron chi connectivity index (χ1n) is 21.5. The van der Waals surface area contributed by atoms with Gasteiger partial charge in [0.15, 0.2) is 0 Å². The lowest BCUT2D eigenvalue weighted by Gasteiger charge is -2.30. The quantitative estimate of drug-likeness (QED) is 0.154. The Morgan fingerprint density at radius 2 is 0.774 bits per heavy atom. The summed E-state index contributed by atoms with van der Waals surface area (Å²) in [5.41, 5.74) is 5.98. The van der Waals surface area contributed by atoms with Gasteiger partial charge < -0.3 is 4.90 Å². The highest BCUT2D eigenvalue weighted by atomic mass is 15.1. The molecule has 0 aliphatic heterocycles. The largest absolute Gasteiger partial charge is 0.310 e. The van der Waals surface area contributed by atoms with Crippen LogP contribution in [0, 0.1) is 0 Å². The SMILES string of the molecule is [2H]c1c([2H])c(N(c2cccc(-c3ccccc3)c2-c2ccccc2-c2ccccc2)c2c([2H])c([2H])c(-c3ccc4ccccc4c3)c([2H])c2[2H])c([2H])c([2H])c1-c1ccccc1. The topological polar surface area (TPSA) is 3.24 Å². The van der Waals surface area contributed by atoms with Crippen LogP contribution >= 0.6 is 0 Å². The lowest BCUT2D eigenvalue weighted by Crippen LogP contribution is -2.12. The Labute approximate surface area is 323 Å². The van der Waals surface area contributed by atoms with Crippen molar-refractivity contribution in [3.8, 4) is 55.6 Å². The molecule has 250 valence electrons. The fourth-order valence-electron chi connectivity index (χ4n) is 6.86. The minimum Gasteiger partial charge on any atom is -0.310 e. The molecule has 0 atom stereocenters. The van der Waals surface area contributed by atoms with Crippen molar-refractivity contribution in [2.45, 2.75) is 0 Å². The highest BCUT2D eigenvalue weighted by Crippen LogP contribution is 2.48. The Bertz CT molecular complexity index is 3060. The van der Waals surface area contributed by atoms with Gasteiger partial charge in [0.05, 0.1) is 16.7 Å². The average Bonchev–Trinajstić information content (AvgIpc) is 3.30. The van der Waals surface area contributed by atoms with Gasteiger partial charge in [-0.05, 0) is 97.1 Å². The number of anilines is 3. The minimum atomic E-state index is -0.402. The summed E-state index contributed by atoms with van der Waals surface area (Å²) in [5.74, 6) is 0. The van der Waals surface area contributed by atoms with E-state index < -0.39 is 24.2 Å². The van der Waals surface area contributed by atoms with Crippen LogP contribution in [0.4, 0.5) is 17.1 Å². The van der Waals surface area contributed by atoms with Crippen molar-refractivity contribution in [2.24, 2.45) is 0 Å². The molecule has 9 aromatic carbocycles. The third kappa shape index (κ3) is 6.42. The number of hydrogen-bond acceptors (Lipinski definition) is 1. The Kier molecular flexibility index (Phi) is 6.57. The van der Waals surface area contributed by atoms with Crippen molar-refractivity contribution in [3.05, 3.63) is 224 Å². The average molecular weight is 684 g/mol. The molecule has 0 spiro atoms. The summed E-state index contributed by atoms with van der Waals surface area (Å²) in [5, 5.41) is 1.84. The zero-order valence-electron chi connectivity index (χ0n) is 36.7. The molecule has 0 saturated carbocycles. The zero-order valence-corrected chi connectivity index (χ0v) is 28.7. The second-order valence-electron chi connectivity index (χ2n) is 12.7. The van der Waals surface area contributed by atoms with Crippen LogP contribution in [0.2, 0.25) is 0 Å². The van der Waals surface area contributed by atoms with Gasteiger partial charge in [0.1, 0.15) is 0 Å². The second kappa shape index (κ2) is 14.3. The maximum Gasteiger partial charge on any atom is 0.0645 e. The molecule has 0 aromatic heterocycles. The molecular formula is C52H37N. The lowest BCUT2D eigenvalue weighted by atomic mass is 9.87. The first-order valence-corrected chi connectivity index (χ1v) is 17.5. The van der Waals surface area contributed by atoms with Gasteiger partial charge in [-0.25, -0.2) is 0 Å². The van der Waals surface area contributed by atoms with Crippen molar-refractivity contribution in [1.82, 2.24) is 0 Å². The van der Waals surface area contributed by atoms with Crippen LogP contribution in [-0.2, 0) is 0 Å². The van der Waals surface area contributed by atoms with Gasteiger partial charge in [-0.15, -0.1) is 0 Å². The first kappa shape index (κ1) is 24.3. The number of fused-ring (bicyclic) bond motifs is 1. The predicted molar refractivity (Wildman–Crippen MR) is 226 cm³/mol. The monoisotopic (exact) mass is 683 g/mol. The molecule has 0 aliphatic carbocycles. The van der Waals surface area contributed by atoms with E-state index in [9.17, 15) is 11.0 Å². The molecule has 53 heavy (non-hydrogen) atoms. The molecule has 1 nitrogen and oxygen atoms in total. The molecule has 0 bridgehead atoms. The fraction of sp³-hybridized carbons (Fsp3) is 0. The van der Waals surface area contributed by atoms with Crippen LogP contribution in [0.1, 0.15) is 11.0 Å². The predicted octanol–water partition coefficient (Wildman–Crippen LogP) is 14.6. The number of rotatable bonds is 8. The maximum absolute atomic E-state index is 9.76. The van der Waals surface area contributed by atoms with E-state index in [-0.39, 0.29) is 46.7 Å². The Morgan fingerprint density at radius 3 is 1.40 bits per heavy atom. The van der Waals surface area contributed by atoms with E-state index in [0.717, 1.165) is 38.6 Å². The molecule has 0 radical (unpaired) electrons.